The predicted molar refractivity (Wildman–Crippen MR) is 98.4 cm³/mol. The summed E-state index contributed by atoms with van der Waals surface area (Å²) in [4.78, 5) is 15.8. The van der Waals surface area contributed by atoms with E-state index in [-0.39, 0.29) is 11.7 Å². The molecule has 0 aliphatic rings. The number of rotatable bonds is 5. The molecule has 3 rings (SSSR count). The van der Waals surface area contributed by atoms with E-state index in [9.17, 15) is 4.79 Å². The van der Waals surface area contributed by atoms with Gasteiger partial charge in [-0.2, -0.15) is 0 Å². The minimum atomic E-state index is -0.102. The van der Waals surface area contributed by atoms with Crippen molar-refractivity contribution in [1.29, 1.82) is 0 Å². The van der Waals surface area contributed by atoms with Crippen molar-refractivity contribution in [3.8, 4) is 11.3 Å². The summed E-state index contributed by atoms with van der Waals surface area (Å²) >= 11 is 2.75. The second-order valence-electron chi connectivity index (χ2n) is 5.23. The number of thioether (sulfide) groups is 1. The van der Waals surface area contributed by atoms with Crippen molar-refractivity contribution in [3.05, 3.63) is 53.0 Å². The molecule has 0 unspecified atom stereocenters. The van der Waals surface area contributed by atoms with Crippen LogP contribution in [0.15, 0.2) is 46.9 Å². The molecule has 0 aliphatic carbocycles. The number of nitrogens with zero attached hydrogens (tertiary/aromatic N) is 3. The van der Waals surface area contributed by atoms with Crippen LogP contribution in [0.25, 0.3) is 11.3 Å². The van der Waals surface area contributed by atoms with Crippen molar-refractivity contribution in [2.75, 3.05) is 11.1 Å². The van der Waals surface area contributed by atoms with Crippen molar-refractivity contribution in [2.45, 2.75) is 18.9 Å². The molecule has 0 radical (unpaired) electrons. The molecule has 0 saturated heterocycles. The molecular weight excluding hydrogens is 340 g/mol. The molecule has 1 N–H and O–H groups in total. The first-order valence-electron chi connectivity index (χ1n) is 7.35. The summed E-state index contributed by atoms with van der Waals surface area (Å²) in [6.07, 6.45) is 1.66. The number of benzene rings is 1. The van der Waals surface area contributed by atoms with Crippen molar-refractivity contribution in [3.63, 3.8) is 0 Å². The normalized spacial score (nSPS) is 10.6. The van der Waals surface area contributed by atoms with Crippen molar-refractivity contribution in [1.82, 2.24) is 15.2 Å². The number of nitrogens with one attached hydrogen (secondary N) is 1. The molecule has 0 spiro atoms. The van der Waals surface area contributed by atoms with Gasteiger partial charge in [-0.1, -0.05) is 23.9 Å². The summed E-state index contributed by atoms with van der Waals surface area (Å²) in [5.41, 5.74) is 4.36. The smallest absolute Gasteiger partial charge is 0.236 e. The van der Waals surface area contributed by atoms with E-state index in [0.717, 1.165) is 16.3 Å². The van der Waals surface area contributed by atoms with Gasteiger partial charge >= 0.3 is 0 Å². The van der Waals surface area contributed by atoms with E-state index >= 15 is 0 Å². The molecule has 5 nitrogen and oxygen atoms in total. The Hall–Kier alpha value is -2.25. The first kappa shape index (κ1) is 16.6. The highest BCUT2D eigenvalue weighted by Crippen LogP contribution is 2.22. The maximum Gasteiger partial charge on any atom is 0.236 e. The molecule has 2 heterocycles. The van der Waals surface area contributed by atoms with Gasteiger partial charge in [0.25, 0.3) is 0 Å². The second kappa shape index (κ2) is 7.55. The first-order chi connectivity index (χ1) is 11.6. The third-order valence-corrected chi connectivity index (χ3v) is 5.08. The van der Waals surface area contributed by atoms with E-state index in [2.05, 4.69) is 46.5 Å². The van der Waals surface area contributed by atoms with Gasteiger partial charge in [-0.25, -0.2) is 4.98 Å². The Balaban J connectivity index is 1.60. The average Bonchev–Trinajstić information content (AvgIpc) is 3.09. The lowest BCUT2D eigenvalue weighted by molar-refractivity contribution is -0.113. The number of carbonyl (C=O) groups is 1. The highest BCUT2D eigenvalue weighted by atomic mass is 32.2. The van der Waals surface area contributed by atoms with Crippen LogP contribution in [0.1, 0.15) is 11.1 Å². The Morgan fingerprint density at radius 3 is 2.71 bits per heavy atom. The van der Waals surface area contributed by atoms with Crippen LogP contribution in [-0.4, -0.2) is 26.8 Å². The standard InChI is InChI=1S/C17H16N4OS2/c1-11-3-4-13(9-12(11)2)14-5-6-16(21-20-14)24-10-15(22)19-17-18-7-8-23-17/h3-9H,10H2,1-2H3,(H,18,19,22). The summed E-state index contributed by atoms with van der Waals surface area (Å²) in [7, 11) is 0. The van der Waals surface area contributed by atoms with Gasteiger partial charge in [-0.05, 0) is 43.2 Å². The van der Waals surface area contributed by atoms with Gasteiger partial charge in [-0.3, -0.25) is 4.79 Å². The molecular formula is C17H16N4OS2. The lowest BCUT2D eigenvalue weighted by Gasteiger charge is -2.05. The number of aromatic nitrogens is 3. The Morgan fingerprint density at radius 2 is 2.04 bits per heavy atom. The van der Waals surface area contributed by atoms with Crippen LogP contribution in [0.3, 0.4) is 0 Å². The van der Waals surface area contributed by atoms with E-state index in [1.54, 1.807) is 6.20 Å². The van der Waals surface area contributed by atoms with Gasteiger partial charge in [0.2, 0.25) is 5.91 Å². The van der Waals surface area contributed by atoms with Gasteiger partial charge in [0.1, 0.15) is 5.03 Å². The van der Waals surface area contributed by atoms with E-state index in [1.807, 2.05) is 23.6 Å². The summed E-state index contributed by atoms with van der Waals surface area (Å²) < 4.78 is 0. The lowest BCUT2D eigenvalue weighted by atomic mass is 10.0. The lowest BCUT2D eigenvalue weighted by Crippen LogP contribution is -2.13. The van der Waals surface area contributed by atoms with Crippen LogP contribution in [-0.2, 0) is 4.79 Å². The molecule has 0 saturated carbocycles. The van der Waals surface area contributed by atoms with E-state index in [0.29, 0.717) is 5.13 Å². The fourth-order valence-electron chi connectivity index (χ4n) is 2.03. The van der Waals surface area contributed by atoms with Gasteiger partial charge in [0.15, 0.2) is 5.13 Å². The minimum Gasteiger partial charge on any atom is -0.301 e. The maximum absolute atomic E-state index is 11.8. The number of aryl methyl sites for hydroxylation is 2. The summed E-state index contributed by atoms with van der Waals surface area (Å²) in [5, 5.41) is 14.3. The Morgan fingerprint density at radius 1 is 1.17 bits per heavy atom. The molecule has 3 aromatic rings. The zero-order valence-electron chi connectivity index (χ0n) is 13.3. The Kier molecular flexibility index (Phi) is 5.22. The molecule has 122 valence electrons. The topological polar surface area (TPSA) is 67.8 Å². The van der Waals surface area contributed by atoms with Crippen LogP contribution in [0.2, 0.25) is 0 Å². The van der Waals surface area contributed by atoms with Crippen LogP contribution >= 0.6 is 23.1 Å². The van der Waals surface area contributed by atoms with Crippen molar-refractivity contribution < 1.29 is 4.79 Å². The van der Waals surface area contributed by atoms with Crippen LogP contribution < -0.4 is 5.32 Å². The average molecular weight is 356 g/mol. The monoisotopic (exact) mass is 356 g/mol. The van der Waals surface area contributed by atoms with Gasteiger partial charge in [0, 0.05) is 17.1 Å². The fraction of sp³-hybridized carbons (Fsp3) is 0.176. The maximum atomic E-state index is 11.8. The number of amides is 1. The zero-order chi connectivity index (χ0) is 16.9. The minimum absolute atomic E-state index is 0.102. The summed E-state index contributed by atoms with van der Waals surface area (Å²) in [6.45, 7) is 4.17. The molecule has 24 heavy (non-hydrogen) atoms. The first-order valence-corrected chi connectivity index (χ1v) is 9.22. The molecule has 2 aromatic heterocycles. The quantitative estimate of drug-likeness (QED) is 0.701. The number of thiazole rings is 1. The molecule has 0 bridgehead atoms. The van der Waals surface area contributed by atoms with Gasteiger partial charge in [0.05, 0.1) is 11.4 Å². The van der Waals surface area contributed by atoms with Crippen LogP contribution in [0.5, 0.6) is 0 Å². The molecule has 1 amide bonds. The zero-order valence-corrected chi connectivity index (χ0v) is 14.9. The third kappa shape index (κ3) is 4.18. The van der Waals surface area contributed by atoms with E-state index < -0.39 is 0 Å². The predicted octanol–water partition coefficient (Wildman–Crippen LogP) is 3.95. The van der Waals surface area contributed by atoms with Crippen LogP contribution in [0, 0.1) is 13.8 Å². The highest BCUT2D eigenvalue weighted by molar-refractivity contribution is 7.99. The van der Waals surface area contributed by atoms with Gasteiger partial charge < -0.3 is 5.32 Å². The van der Waals surface area contributed by atoms with E-state index in [4.69, 9.17) is 0 Å². The van der Waals surface area contributed by atoms with Crippen molar-refractivity contribution in [2.24, 2.45) is 0 Å². The fourth-order valence-corrected chi connectivity index (χ4v) is 3.19. The Bertz CT molecular complexity index is 832. The molecule has 7 heteroatoms. The number of anilines is 1. The number of hydrogen-bond acceptors (Lipinski definition) is 6. The molecule has 0 aliphatic heterocycles. The Labute approximate surface area is 148 Å². The summed E-state index contributed by atoms with van der Waals surface area (Å²) in [5.74, 6) is 0.173. The number of carbonyl (C=O) groups excluding carboxylic acids is 1. The van der Waals surface area contributed by atoms with Crippen molar-refractivity contribution >= 4 is 34.1 Å². The largest absolute Gasteiger partial charge is 0.301 e. The van der Waals surface area contributed by atoms with E-state index in [1.165, 1.54) is 34.2 Å². The van der Waals surface area contributed by atoms with Crippen LogP contribution in [0.4, 0.5) is 5.13 Å². The highest BCUT2D eigenvalue weighted by Gasteiger charge is 2.07. The molecule has 1 aromatic carbocycles. The van der Waals surface area contributed by atoms with Gasteiger partial charge in [-0.15, -0.1) is 21.5 Å². The molecule has 0 atom stereocenters. The number of hydrogen-bond donors (Lipinski definition) is 1. The third-order valence-electron chi connectivity index (χ3n) is 3.47. The molecule has 0 fully saturated rings. The summed E-state index contributed by atoms with van der Waals surface area (Å²) in [6, 6.07) is 10.0. The second-order valence-corrected chi connectivity index (χ2v) is 7.12. The SMILES string of the molecule is Cc1ccc(-c2ccc(SCC(=O)Nc3nccs3)nn2)cc1C.